The van der Waals surface area contributed by atoms with E-state index in [1.54, 1.807) is 13.0 Å². The number of amides is 1. The number of carbonyl (C=O) groups excluding carboxylic acids is 1. The highest BCUT2D eigenvalue weighted by atomic mass is 32.2. The molecule has 2 aromatic rings. The predicted molar refractivity (Wildman–Crippen MR) is 105 cm³/mol. The fraction of sp³-hybridized carbons (Fsp3) is 0.316. The average Bonchev–Trinajstić information content (AvgIpc) is 2.70. The minimum Gasteiger partial charge on any atom is -0.322 e. The molecule has 0 aromatic heterocycles. The number of benzene rings is 2. The number of nitrogens with zero attached hydrogens (tertiary/aromatic N) is 2. The van der Waals surface area contributed by atoms with E-state index in [1.165, 1.54) is 22.5 Å². The van der Waals surface area contributed by atoms with Crippen molar-refractivity contribution >= 4 is 27.3 Å². The van der Waals surface area contributed by atoms with Crippen molar-refractivity contribution < 1.29 is 22.5 Å². The number of hydrogen-bond acceptors (Lipinski definition) is 5. The van der Waals surface area contributed by atoms with Crippen molar-refractivity contribution in [1.29, 1.82) is 0 Å². The van der Waals surface area contributed by atoms with Crippen LogP contribution in [0.25, 0.3) is 0 Å². The van der Waals surface area contributed by atoms with Crippen LogP contribution in [0.3, 0.4) is 0 Å². The fourth-order valence-electron chi connectivity index (χ4n) is 3.19. The molecule has 1 heterocycles. The number of nitro groups is 1. The lowest BCUT2D eigenvalue weighted by molar-refractivity contribution is -0.387. The molecule has 8 nitrogen and oxygen atoms in total. The molecule has 29 heavy (non-hydrogen) atoms. The second-order valence-corrected chi connectivity index (χ2v) is 8.76. The number of aryl methyl sites for hydroxylation is 1. The standard InChI is InChI=1S/C19H20FN3O5S/c1-13-5-7-15(29(27,28)22-9-3-2-4-10-22)12-16(13)19(24)21-14-6-8-17(20)18(11-14)23(25)26/h5-8,11-12H,2-4,9-10H2,1H3,(H,21,24). The third-order valence-corrected chi connectivity index (χ3v) is 6.70. The van der Waals surface area contributed by atoms with Crippen molar-refractivity contribution in [2.24, 2.45) is 0 Å². The predicted octanol–water partition coefficient (Wildman–Crippen LogP) is 3.47. The molecular formula is C19H20FN3O5S. The van der Waals surface area contributed by atoms with Crippen molar-refractivity contribution in [2.75, 3.05) is 18.4 Å². The van der Waals surface area contributed by atoms with Crippen molar-refractivity contribution in [2.45, 2.75) is 31.1 Å². The lowest BCUT2D eigenvalue weighted by atomic mass is 10.1. The van der Waals surface area contributed by atoms with Crippen LogP contribution in [0.5, 0.6) is 0 Å². The number of piperidine rings is 1. The maximum absolute atomic E-state index is 13.5. The van der Waals surface area contributed by atoms with Gasteiger partial charge in [0.15, 0.2) is 0 Å². The molecule has 0 unspecified atom stereocenters. The van der Waals surface area contributed by atoms with Gasteiger partial charge in [-0.1, -0.05) is 12.5 Å². The van der Waals surface area contributed by atoms with Gasteiger partial charge >= 0.3 is 5.69 Å². The maximum Gasteiger partial charge on any atom is 0.306 e. The highest BCUT2D eigenvalue weighted by Crippen LogP contribution is 2.25. The zero-order valence-electron chi connectivity index (χ0n) is 15.7. The molecule has 1 N–H and O–H groups in total. The Morgan fingerprint density at radius 2 is 1.83 bits per heavy atom. The molecule has 10 heteroatoms. The minimum absolute atomic E-state index is 0.0141. The Kier molecular flexibility index (Phi) is 5.94. The van der Waals surface area contributed by atoms with E-state index in [0.717, 1.165) is 31.4 Å². The van der Waals surface area contributed by atoms with E-state index in [1.807, 2.05) is 0 Å². The fourth-order valence-corrected chi connectivity index (χ4v) is 4.73. The molecule has 0 bridgehead atoms. The quantitative estimate of drug-likeness (QED) is 0.587. The average molecular weight is 421 g/mol. The van der Waals surface area contributed by atoms with Crippen LogP contribution in [0.1, 0.15) is 35.2 Å². The van der Waals surface area contributed by atoms with Gasteiger partial charge in [0.25, 0.3) is 5.91 Å². The molecule has 0 saturated carbocycles. The van der Waals surface area contributed by atoms with Crippen LogP contribution in [0.4, 0.5) is 15.8 Å². The number of rotatable bonds is 5. The first-order valence-electron chi connectivity index (χ1n) is 9.06. The minimum atomic E-state index is -3.72. The third-order valence-electron chi connectivity index (χ3n) is 4.81. The summed E-state index contributed by atoms with van der Waals surface area (Å²) < 4.78 is 40.6. The molecule has 1 amide bonds. The Bertz CT molecular complexity index is 1070. The molecule has 154 valence electrons. The Labute approximate surface area is 167 Å². The van der Waals surface area contributed by atoms with E-state index in [4.69, 9.17) is 0 Å². The Morgan fingerprint density at radius 3 is 2.48 bits per heavy atom. The summed E-state index contributed by atoms with van der Waals surface area (Å²) in [6.07, 6.45) is 2.57. The summed E-state index contributed by atoms with van der Waals surface area (Å²) in [6, 6.07) is 7.29. The van der Waals surface area contributed by atoms with Gasteiger partial charge in [-0.05, 0) is 49.6 Å². The summed E-state index contributed by atoms with van der Waals surface area (Å²) in [5.41, 5.74) is -0.0699. The number of halogens is 1. The van der Waals surface area contributed by atoms with Crippen molar-refractivity contribution in [3.05, 3.63) is 63.5 Å². The van der Waals surface area contributed by atoms with Crippen LogP contribution >= 0.6 is 0 Å². The molecule has 0 radical (unpaired) electrons. The molecule has 0 atom stereocenters. The van der Waals surface area contributed by atoms with Crippen LogP contribution in [0, 0.1) is 22.9 Å². The van der Waals surface area contributed by atoms with E-state index in [2.05, 4.69) is 5.32 Å². The zero-order chi connectivity index (χ0) is 21.2. The summed E-state index contributed by atoms with van der Waals surface area (Å²) in [5.74, 6) is -1.65. The second-order valence-electron chi connectivity index (χ2n) is 6.82. The molecular weight excluding hydrogens is 401 g/mol. The number of hydrogen-bond donors (Lipinski definition) is 1. The number of carbonyl (C=O) groups is 1. The molecule has 0 spiro atoms. The highest BCUT2D eigenvalue weighted by Gasteiger charge is 2.27. The number of nitrogens with one attached hydrogen (secondary N) is 1. The van der Waals surface area contributed by atoms with Gasteiger partial charge < -0.3 is 5.32 Å². The first-order chi connectivity index (χ1) is 13.7. The van der Waals surface area contributed by atoms with Crippen LogP contribution in [0.2, 0.25) is 0 Å². The Morgan fingerprint density at radius 1 is 1.14 bits per heavy atom. The molecule has 1 fully saturated rings. The Balaban J connectivity index is 1.89. The lowest BCUT2D eigenvalue weighted by Gasteiger charge is -2.26. The van der Waals surface area contributed by atoms with Gasteiger partial charge in [0.1, 0.15) is 0 Å². The van der Waals surface area contributed by atoms with Gasteiger partial charge in [-0.15, -0.1) is 0 Å². The van der Waals surface area contributed by atoms with Gasteiger partial charge in [-0.25, -0.2) is 8.42 Å². The van der Waals surface area contributed by atoms with Gasteiger partial charge in [0.2, 0.25) is 15.8 Å². The van der Waals surface area contributed by atoms with Gasteiger partial charge in [-0.3, -0.25) is 14.9 Å². The monoisotopic (exact) mass is 421 g/mol. The van der Waals surface area contributed by atoms with Crippen LogP contribution in [-0.2, 0) is 10.0 Å². The van der Waals surface area contributed by atoms with E-state index >= 15 is 0 Å². The number of sulfonamides is 1. The van der Waals surface area contributed by atoms with Gasteiger partial charge in [0, 0.05) is 30.4 Å². The number of nitro benzene ring substituents is 1. The van der Waals surface area contributed by atoms with E-state index < -0.39 is 32.4 Å². The second kappa shape index (κ2) is 8.26. The van der Waals surface area contributed by atoms with Crippen LogP contribution in [0.15, 0.2) is 41.3 Å². The zero-order valence-corrected chi connectivity index (χ0v) is 16.5. The first kappa shape index (κ1) is 20.9. The Hall–Kier alpha value is -2.85. The van der Waals surface area contributed by atoms with Crippen LogP contribution < -0.4 is 5.32 Å². The van der Waals surface area contributed by atoms with E-state index in [0.29, 0.717) is 18.7 Å². The maximum atomic E-state index is 13.5. The number of anilines is 1. The molecule has 1 saturated heterocycles. The summed E-state index contributed by atoms with van der Waals surface area (Å²) in [5, 5.41) is 13.3. The van der Waals surface area contributed by atoms with E-state index in [9.17, 15) is 27.7 Å². The molecule has 3 rings (SSSR count). The van der Waals surface area contributed by atoms with Gasteiger partial charge in [-0.2, -0.15) is 8.70 Å². The first-order valence-corrected chi connectivity index (χ1v) is 10.5. The molecule has 0 aliphatic carbocycles. The summed E-state index contributed by atoms with van der Waals surface area (Å²) in [4.78, 5) is 22.7. The van der Waals surface area contributed by atoms with Crippen molar-refractivity contribution in [1.82, 2.24) is 4.31 Å². The summed E-state index contributed by atoms with van der Waals surface area (Å²) in [7, 11) is -3.72. The molecule has 2 aromatic carbocycles. The highest BCUT2D eigenvalue weighted by molar-refractivity contribution is 7.89. The lowest BCUT2D eigenvalue weighted by Crippen LogP contribution is -2.35. The smallest absolute Gasteiger partial charge is 0.306 e. The van der Waals surface area contributed by atoms with E-state index in [-0.39, 0.29) is 16.1 Å². The van der Waals surface area contributed by atoms with Gasteiger partial charge in [0.05, 0.1) is 9.82 Å². The SMILES string of the molecule is Cc1ccc(S(=O)(=O)N2CCCCC2)cc1C(=O)Nc1ccc(F)c([N+](=O)[O-])c1. The van der Waals surface area contributed by atoms with Crippen molar-refractivity contribution in [3.8, 4) is 0 Å². The normalized spacial score (nSPS) is 15.1. The molecule has 1 aliphatic rings. The third kappa shape index (κ3) is 4.43. The summed E-state index contributed by atoms with van der Waals surface area (Å²) in [6.45, 7) is 2.54. The molecule has 1 aliphatic heterocycles. The van der Waals surface area contributed by atoms with Crippen LogP contribution in [-0.4, -0.2) is 36.6 Å². The van der Waals surface area contributed by atoms with Crippen molar-refractivity contribution in [3.63, 3.8) is 0 Å². The topological polar surface area (TPSA) is 110 Å². The summed E-state index contributed by atoms with van der Waals surface area (Å²) >= 11 is 0. The largest absolute Gasteiger partial charge is 0.322 e.